The van der Waals surface area contributed by atoms with Gasteiger partial charge >= 0.3 is 92.9 Å². The molecule has 10 nitrogen and oxygen atoms in total. The number of carbonyl (C=O) groups is 2. The summed E-state index contributed by atoms with van der Waals surface area (Å²) in [6, 6.07) is 0. The predicted octanol–water partition coefficient (Wildman–Crippen LogP) is -11.2. The van der Waals surface area contributed by atoms with E-state index in [-0.39, 0.29) is 123 Å². The molecule has 1 radical (unpaired) electrons. The van der Waals surface area contributed by atoms with Crippen LogP contribution in [0.25, 0.3) is 0 Å². The SMILES string of the molecule is O.O.O.O.O=C(O)C(O)C(O)C(=O)O.[Cu].[H-].[H-].[K+].[Na+]. The minimum atomic E-state index is -2.27. The van der Waals surface area contributed by atoms with E-state index in [1.54, 1.807) is 0 Å². The van der Waals surface area contributed by atoms with Gasteiger partial charge in [-0.3, -0.25) is 0 Å². The molecule has 0 amide bonds. The second-order valence-electron chi connectivity index (χ2n) is 1.57. The van der Waals surface area contributed by atoms with Crippen LogP contribution in [0.15, 0.2) is 0 Å². The summed E-state index contributed by atoms with van der Waals surface area (Å²) in [7, 11) is 0. The van der Waals surface area contributed by atoms with Crippen LogP contribution in [0, 0.1) is 0 Å². The van der Waals surface area contributed by atoms with Gasteiger partial charge in [-0.15, -0.1) is 0 Å². The Morgan fingerprint density at radius 3 is 1.00 bits per heavy atom. The summed E-state index contributed by atoms with van der Waals surface area (Å²) in [4.78, 5) is 19.5. The molecule has 0 saturated carbocycles. The van der Waals surface area contributed by atoms with Gasteiger partial charge in [0.15, 0.2) is 12.2 Å². The van der Waals surface area contributed by atoms with Gasteiger partial charge < -0.3 is 45.2 Å². The summed E-state index contributed by atoms with van der Waals surface area (Å²) in [6.07, 6.45) is -4.53. The van der Waals surface area contributed by atoms with Crippen LogP contribution < -0.4 is 80.9 Å². The van der Waals surface area contributed by atoms with Gasteiger partial charge in [0, 0.05) is 17.1 Å². The van der Waals surface area contributed by atoms with E-state index in [1.807, 2.05) is 0 Å². The summed E-state index contributed by atoms with van der Waals surface area (Å²) in [5.41, 5.74) is 0. The predicted molar refractivity (Wildman–Crippen MR) is 44.0 cm³/mol. The Bertz CT molecular complexity index is 162. The van der Waals surface area contributed by atoms with Crippen molar-refractivity contribution in [1.82, 2.24) is 0 Å². The molecule has 12 N–H and O–H groups in total. The fourth-order valence-electron chi connectivity index (χ4n) is 0.270. The third kappa shape index (κ3) is 23.4. The molecule has 0 bridgehead atoms. The molecule has 0 spiro atoms. The zero-order valence-corrected chi connectivity index (χ0v) is 15.1. The average molecular weight is 350 g/mol. The van der Waals surface area contributed by atoms with Crippen molar-refractivity contribution in [2.45, 2.75) is 12.2 Å². The molecule has 0 aliphatic carbocycles. The number of carboxylic acids is 2. The summed E-state index contributed by atoms with van der Waals surface area (Å²) >= 11 is 0. The molecule has 0 aromatic rings. The summed E-state index contributed by atoms with van der Waals surface area (Å²) in [5.74, 6) is -3.54. The van der Waals surface area contributed by atoms with Crippen LogP contribution in [0.5, 0.6) is 0 Å². The molecule has 0 aliphatic rings. The Morgan fingerprint density at radius 1 is 0.824 bits per heavy atom. The van der Waals surface area contributed by atoms with E-state index in [2.05, 4.69) is 0 Å². The Hall–Kier alpha value is 1.86. The Morgan fingerprint density at radius 2 is 0.941 bits per heavy atom. The maximum absolute atomic E-state index is 9.77. The second-order valence-corrected chi connectivity index (χ2v) is 1.57. The van der Waals surface area contributed by atoms with Crippen LogP contribution in [0.4, 0.5) is 0 Å². The first-order chi connectivity index (χ1) is 4.46. The molecule has 105 valence electrons. The van der Waals surface area contributed by atoms with Gasteiger partial charge in [0.25, 0.3) is 0 Å². The zero-order valence-electron chi connectivity index (χ0n) is 11.1. The molecule has 0 saturated heterocycles. The maximum Gasteiger partial charge on any atom is 1.00 e. The molecule has 2 atom stereocenters. The van der Waals surface area contributed by atoms with Crippen molar-refractivity contribution < 1.29 is 153 Å². The maximum atomic E-state index is 9.77. The first-order valence-electron chi connectivity index (χ1n) is 2.28. The number of aliphatic hydroxyl groups is 2. The van der Waals surface area contributed by atoms with Crippen LogP contribution in [0.1, 0.15) is 2.85 Å². The van der Waals surface area contributed by atoms with Crippen molar-refractivity contribution in [3.63, 3.8) is 0 Å². The number of hydrogen-bond acceptors (Lipinski definition) is 4. The largest absolute Gasteiger partial charge is 1.00 e. The summed E-state index contributed by atoms with van der Waals surface area (Å²) in [5, 5.41) is 32.5. The minimum absolute atomic E-state index is 0. The van der Waals surface area contributed by atoms with Gasteiger partial charge in [0.05, 0.1) is 0 Å². The number of aliphatic carboxylic acids is 2. The molecule has 13 heteroatoms. The zero-order chi connectivity index (χ0) is 8.31. The minimum Gasteiger partial charge on any atom is -1.00 e. The van der Waals surface area contributed by atoms with Crippen LogP contribution in [-0.2, 0) is 26.7 Å². The second kappa shape index (κ2) is 26.4. The quantitative estimate of drug-likeness (QED) is 0.360. The molecule has 0 aromatic carbocycles. The van der Waals surface area contributed by atoms with Crippen LogP contribution in [-0.4, -0.2) is 66.5 Å². The molecular formula is C4H16CuKNaO10. The number of aliphatic hydroxyl groups excluding tert-OH is 2. The third-order valence-corrected chi connectivity index (χ3v) is 0.805. The Labute approximate surface area is 174 Å². The molecule has 0 fully saturated rings. The van der Waals surface area contributed by atoms with E-state index < -0.39 is 24.1 Å². The van der Waals surface area contributed by atoms with E-state index in [4.69, 9.17) is 20.4 Å². The van der Waals surface area contributed by atoms with Crippen molar-refractivity contribution in [2.24, 2.45) is 0 Å². The third-order valence-electron chi connectivity index (χ3n) is 0.805. The summed E-state index contributed by atoms with van der Waals surface area (Å²) < 4.78 is 0. The van der Waals surface area contributed by atoms with E-state index in [9.17, 15) is 9.59 Å². The van der Waals surface area contributed by atoms with Crippen LogP contribution >= 0.6 is 0 Å². The monoisotopic (exact) mass is 349 g/mol. The number of hydrogen-bond donors (Lipinski definition) is 4. The summed E-state index contributed by atoms with van der Waals surface area (Å²) in [6.45, 7) is 0. The molecule has 0 aromatic heterocycles. The van der Waals surface area contributed by atoms with Crippen LogP contribution in [0.2, 0.25) is 0 Å². The molecule has 17 heavy (non-hydrogen) atoms. The van der Waals surface area contributed by atoms with Crippen molar-refractivity contribution in [2.75, 3.05) is 0 Å². The Balaban J connectivity index is -0.0000000112. The van der Waals surface area contributed by atoms with Gasteiger partial charge in [-0.1, -0.05) is 0 Å². The van der Waals surface area contributed by atoms with Crippen molar-refractivity contribution in [1.29, 1.82) is 0 Å². The molecule has 0 rings (SSSR count). The van der Waals surface area contributed by atoms with Crippen molar-refractivity contribution in [3.05, 3.63) is 0 Å². The van der Waals surface area contributed by atoms with Crippen LogP contribution in [0.3, 0.4) is 0 Å². The van der Waals surface area contributed by atoms with Crippen molar-refractivity contribution >= 4 is 11.9 Å². The standard InChI is InChI=1S/C4H6O6.Cu.K.Na.4H2O.2H/c5-1(3(7)8)2(6)4(9)10;;;;;;;;;/h1-2,5-6H,(H,7,8)(H,9,10);;;;4*1H2;;/q;;2*+1;;;;;2*-1. The molecule has 0 heterocycles. The van der Waals surface area contributed by atoms with E-state index in [0.29, 0.717) is 0 Å². The van der Waals surface area contributed by atoms with E-state index in [0.717, 1.165) is 0 Å². The number of carboxylic acid groups (broad SMARTS) is 2. The van der Waals surface area contributed by atoms with Gasteiger partial charge in [-0.05, 0) is 0 Å². The smallest absolute Gasteiger partial charge is 1.00 e. The molecule has 0 aliphatic heterocycles. The van der Waals surface area contributed by atoms with Gasteiger partial charge in [0.1, 0.15) is 0 Å². The fraction of sp³-hybridized carbons (Fsp3) is 0.500. The van der Waals surface area contributed by atoms with Gasteiger partial charge in [-0.2, -0.15) is 0 Å². The van der Waals surface area contributed by atoms with Crippen molar-refractivity contribution in [3.8, 4) is 0 Å². The Kier molecular flexibility index (Phi) is 79.3. The van der Waals surface area contributed by atoms with E-state index >= 15 is 0 Å². The fourth-order valence-corrected chi connectivity index (χ4v) is 0.270. The van der Waals surface area contributed by atoms with Gasteiger partial charge in [0.2, 0.25) is 0 Å². The molecular weight excluding hydrogens is 334 g/mol. The first kappa shape index (κ1) is 51.0. The number of rotatable bonds is 3. The first-order valence-corrected chi connectivity index (χ1v) is 2.28. The normalized spacial score (nSPS) is 9.29. The topological polar surface area (TPSA) is 241 Å². The van der Waals surface area contributed by atoms with E-state index in [1.165, 1.54) is 0 Å². The average Bonchev–Trinajstić information content (AvgIpc) is 1.84. The molecule has 2 unspecified atom stereocenters. The van der Waals surface area contributed by atoms with Gasteiger partial charge in [-0.25, -0.2) is 9.59 Å².